The van der Waals surface area contributed by atoms with Gasteiger partial charge in [-0.05, 0) is 30.2 Å². The van der Waals surface area contributed by atoms with Crippen molar-refractivity contribution in [1.29, 1.82) is 0 Å². The van der Waals surface area contributed by atoms with Crippen molar-refractivity contribution in [3.8, 4) is 11.3 Å². The average molecular weight is 325 g/mol. The second-order valence-corrected chi connectivity index (χ2v) is 5.84. The summed E-state index contributed by atoms with van der Waals surface area (Å²) in [5, 5.41) is 11.8. The van der Waals surface area contributed by atoms with Crippen LogP contribution in [0.1, 0.15) is 12.0 Å². The summed E-state index contributed by atoms with van der Waals surface area (Å²) in [4.78, 5) is 29.0. The van der Waals surface area contributed by atoms with Crippen LogP contribution in [0.2, 0.25) is 0 Å². The number of rotatable bonds is 4. The summed E-state index contributed by atoms with van der Waals surface area (Å²) >= 11 is 0. The van der Waals surface area contributed by atoms with E-state index in [0.717, 1.165) is 16.8 Å². The van der Waals surface area contributed by atoms with Crippen LogP contribution >= 0.6 is 0 Å². The molecule has 0 spiro atoms. The molecule has 24 heavy (non-hydrogen) atoms. The number of likely N-dealkylation sites (tertiary alicyclic amines) is 1. The van der Waals surface area contributed by atoms with E-state index in [0.29, 0.717) is 19.5 Å². The van der Waals surface area contributed by atoms with Gasteiger partial charge in [-0.2, -0.15) is 0 Å². The number of hydrogen-bond donors (Lipinski definition) is 2. The Hall–Kier alpha value is -2.89. The third-order valence-corrected chi connectivity index (χ3v) is 4.16. The quantitative estimate of drug-likeness (QED) is 0.904. The molecule has 2 amide bonds. The topological polar surface area (TPSA) is 82.5 Å². The van der Waals surface area contributed by atoms with Gasteiger partial charge in [-0.15, -0.1) is 0 Å². The molecule has 1 aliphatic rings. The van der Waals surface area contributed by atoms with Crippen molar-refractivity contribution >= 4 is 12.0 Å². The molecule has 2 aromatic rings. The molecule has 124 valence electrons. The Bertz CT molecular complexity index is 733. The fourth-order valence-electron chi connectivity index (χ4n) is 2.81. The number of carboxylic acids is 1. The van der Waals surface area contributed by atoms with E-state index in [4.69, 9.17) is 5.11 Å². The van der Waals surface area contributed by atoms with E-state index in [1.54, 1.807) is 11.1 Å². The van der Waals surface area contributed by atoms with E-state index < -0.39 is 11.9 Å². The van der Waals surface area contributed by atoms with E-state index in [2.05, 4.69) is 10.3 Å². The SMILES string of the molecule is O=C(O)C1CCN(C(=O)NCc2cccc(-c3ccccn3)c2)C1. The number of carbonyl (C=O) groups is 2. The molecule has 1 fully saturated rings. The number of nitrogens with zero attached hydrogens (tertiary/aromatic N) is 2. The predicted molar refractivity (Wildman–Crippen MR) is 89.2 cm³/mol. The first kappa shape index (κ1) is 16.0. The van der Waals surface area contributed by atoms with E-state index >= 15 is 0 Å². The molecule has 0 saturated carbocycles. The van der Waals surface area contributed by atoms with Gasteiger partial charge in [-0.25, -0.2) is 4.79 Å². The lowest BCUT2D eigenvalue weighted by Gasteiger charge is -2.17. The molecule has 1 aromatic carbocycles. The van der Waals surface area contributed by atoms with E-state index in [-0.39, 0.29) is 12.6 Å². The number of carbonyl (C=O) groups excluding carboxylic acids is 1. The summed E-state index contributed by atoms with van der Waals surface area (Å²) in [7, 11) is 0. The summed E-state index contributed by atoms with van der Waals surface area (Å²) in [5.41, 5.74) is 2.85. The molecule has 1 unspecified atom stereocenters. The minimum absolute atomic E-state index is 0.220. The Morgan fingerprint density at radius 2 is 2.12 bits per heavy atom. The molecule has 2 heterocycles. The van der Waals surface area contributed by atoms with Gasteiger partial charge in [0.05, 0.1) is 11.6 Å². The maximum atomic E-state index is 12.2. The van der Waals surface area contributed by atoms with Gasteiger partial charge in [0.25, 0.3) is 0 Å². The van der Waals surface area contributed by atoms with Crippen molar-refractivity contribution in [2.24, 2.45) is 5.92 Å². The largest absolute Gasteiger partial charge is 0.481 e. The smallest absolute Gasteiger partial charge is 0.317 e. The molecule has 6 nitrogen and oxygen atoms in total. The van der Waals surface area contributed by atoms with Gasteiger partial charge in [-0.3, -0.25) is 9.78 Å². The molecule has 1 atom stereocenters. The zero-order chi connectivity index (χ0) is 16.9. The van der Waals surface area contributed by atoms with Gasteiger partial charge >= 0.3 is 12.0 Å². The lowest BCUT2D eigenvalue weighted by Crippen LogP contribution is -2.38. The van der Waals surface area contributed by atoms with Crippen LogP contribution in [0.4, 0.5) is 4.79 Å². The number of amides is 2. The summed E-state index contributed by atoms with van der Waals surface area (Å²) < 4.78 is 0. The van der Waals surface area contributed by atoms with Crippen LogP contribution in [0.5, 0.6) is 0 Å². The monoisotopic (exact) mass is 325 g/mol. The van der Waals surface area contributed by atoms with Crippen molar-refractivity contribution in [3.05, 3.63) is 54.2 Å². The molecule has 0 bridgehead atoms. The van der Waals surface area contributed by atoms with Gasteiger partial charge in [0.15, 0.2) is 0 Å². The molecule has 1 aliphatic heterocycles. The Balaban J connectivity index is 1.59. The summed E-state index contributed by atoms with van der Waals surface area (Å²) in [6.07, 6.45) is 2.26. The molecular weight excluding hydrogens is 306 g/mol. The first-order chi connectivity index (χ1) is 11.6. The number of aromatic nitrogens is 1. The highest BCUT2D eigenvalue weighted by atomic mass is 16.4. The highest BCUT2D eigenvalue weighted by Crippen LogP contribution is 2.18. The Kier molecular flexibility index (Phi) is 4.74. The number of benzene rings is 1. The van der Waals surface area contributed by atoms with Crippen molar-refractivity contribution in [1.82, 2.24) is 15.2 Å². The van der Waals surface area contributed by atoms with Crippen molar-refractivity contribution < 1.29 is 14.7 Å². The van der Waals surface area contributed by atoms with Gasteiger partial charge in [0, 0.05) is 31.4 Å². The molecule has 1 saturated heterocycles. The number of pyridine rings is 1. The molecule has 0 radical (unpaired) electrons. The van der Waals surface area contributed by atoms with Crippen LogP contribution in [0, 0.1) is 5.92 Å². The van der Waals surface area contributed by atoms with Gasteiger partial charge in [-0.1, -0.05) is 24.3 Å². The van der Waals surface area contributed by atoms with Crippen LogP contribution in [0.25, 0.3) is 11.3 Å². The lowest BCUT2D eigenvalue weighted by molar-refractivity contribution is -0.141. The average Bonchev–Trinajstić information content (AvgIpc) is 3.11. The standard InChI is InChI=1S/C18H19N3O3/c22-17(23)15-7-9-21(12-15)18(24)20-11-13-4-3-5-14(10-13)16-6-1-2-8-19-16/h1-6,8,10,15H,7,9,11-12H2,(H,20,24)(H,22,23). The predicted octanol–water partition coefficient (Wildman–Crippen LogP) is 2.36. The maximum Gasteiger partial charge on any atom is 0.317 e. The summed E-state index contributed by atoms with van der Waals surface area (Å²) in [6, 6.07) is 13.4. The van der Waals surface area contributed by atoms with Gasteiger partial charge in [0.1, 0.15) is 0 Å². The van der Waals surface area contributed by atoms with Crippen LogP contribution in [-0.4, -0.2) is 40.1 Å². The Morgan fingerprint density at radius 3 is 2.83 bits per heavy atom. The van der Waals surface area contributed by atoms with Crippen molar-refractivity contribution in [2.75, 3.05) is 13.1 Å². The van der Waals surface area contributed by atoms with E-state index in [1.807, 2.05) is 42.5 Å². The molecule has 3 rings (SSSR count). The molecule has 0 aliphatic carbocycles. The van der Waals surface area contributed by atoms with Gasteiger partial charge < -0.3 is 15.3 Å². The second-order valence-electron chi connectivity index (χ2n) is 5.84. The second kappa shape index (κ2) is 7.12. The van der Waals surface area contributed by atoms with Crippen molar-refractivity contribution in [2.45, 2.75) is 13.0 Å². The third-order valence-electron chi connectivity index (χ3n) is 4.16. The van der Waals surface area contributed by atoms with Crippen LogP contribution < -0.4 is 5.32 Å². The molecule has 2 N–H and O–H groups in total. The maximum absolute atomic E-state index is 12.2. The van der Waals surface area contributed by atoms with Crippen LogP contribution in [0.15, 0.2) is 48.7 Å². The lowest BCUT2D eigenvalue weighted by atomic mass is 10.1. The minimum Gasteiger partial charge on any atom is -0.481 e. The zero-order valence-electron chi connectivity index (χ0n) is 13.2. The number of urea groups is 1. The summed E-state index contributed by atoms with van der Waals surface area (Å²) in [6.45, 7) is 1.15. The number of carboxylic acid groups (broad SMARTS) is 1. The van der Waals surface area contributed by atoms with Crippen LogP contribution in [0.3, 0.4) is 0 Å². The number of aliphatic carboxylic acids is 1. The third kappa shape index (κ3) is 3.71. The van der Waals surface area contributed by atoms with Crippen molar-refractivity contribution in [3.63, 3.8) is 0 Å². The van der Waals surface area contributed by atoms with Crippen LogP contribution in [-0.2, 0) is 11.3 Å². The zero-order valence-corrected chi connectivity index (χ0v) is 13.2. The Labute approximate surface area is 140 Å². The van der Waals surface area contributed by atoms with E-state index in [9.17, 15) is 9.59 Å². The van der Waals surface area contributed by atoms with Gasteiger partial charge in [0.2, 0.25) is 0 Å². The normalized spacial score (nSPS) is 16.8. The highest BCUT2D eigenvalue weighted by Gasteiger charge is 2.30. The number of nitrogens with one attached hydrogen (secondary N) is 1. The molecule has 6 heteroatoms. The fourth-order valence-corrected chi connectivity index (χ4v) is 2.81. The first-order valence-electron chi connectivity index (χ1n) is 7.89. The molecule has 1 aromatic heterocycles. The first-order valence-corrected chi connectivity index (χ1v) is 7.89. The Morgan fingerprint density at radius 1 is 1.25 bits per heavy atom. The summed E-state index contributed by atoms with van der Waals surface area (Å²) in [5.74, 6) is -1.29. The number of hydrogen-bond acceptors (Lipinski definition) is 3. The molecular formula is C18H19N3O3. The fraction of sp³-hybridized carbons (Fsp3) is 0.278. The highest BCUT2D eigenvalue weighted by molar-refractivity contribution is 5.77. The van der Waals surface area contributed by atoms with E-state index in [1.165, 1.54) is 0 Å². The minimum atomic E-state index is -0.839.